The number of hydrogen-bond acceptors (Lipinski definition) is 7. The van der Waals surface area contributed by atoms with Crippen molar-refractivity contribution < 1.29 is 28.5 Å². The molecule has 0 aromatic carbocycles. The minimum atomic E-state index is -2.10. The summed E-state index contributed by atoms with van der Waals surface area (Å²) in [6, 6.07) is 1.22. The third-order valence-electron chi connectivity index (χ3n) is 2.12. The summed E-state index contributed by atoms with van der Waals surface area (Å²) in [5.74, 6) is -1.27. The Morgan fingerprint density at radius 1 is 1.53 bits per heavy atom. The quantitative estimate of drug-likeness (QED) is 0.546. The molecule has 1 rings (SSSR count). The topological polar surface area (TPSA) is 130 Å². The lowest BCUT2D eigenvalue weighted by Gasteiger charge is -2.23. The van der Waals surface area contributed by atoms with E-state index in [1.54, 1.807) is 0 Å². The molecule has 0 aliphatic heterocycles. The van der Waals surface area contributed by atoms with Crippen molar-refractivity contribution in [2.75, 3.05) is 19.8 Å². The molecule has 0 spiro atoms. The Morgan fingerprint density at radius 3 is 2.58 bits per heavy atom. The molecule has 1 aromatic heterocycles. The second-order valence-corrected chi connectivity index (χ2v) is 6.55. The minimum absolute atomic E-state index is 0.0827. The predicted octanol–water partition coefficient (Wildman–Crippen LogP) is -0.179. The number of aliphatic hydroxyl groups is 2. The number of hydrogen-bond donors (Lipinski definition) is 4. The van der Waals surface area contributed by atoms with Crippen molar-refractivity contribution in [1.29, 1.82) is 0 Å². The first-order chi connectivity index (χ1) is 8.83. The van der Waals surface area contributed by atoms with Crippen LogP contribution in [-0.2, 0) is 15.3 Å². The number of aromatic carboxylic acids is 1. The number of carboxylic acids is 1. The van der Waals surface area contributed by atoms with Gasteiger partial charge < -0.3 is 21.1 Å². The fraction of sp³-hybridized carbons (Fsp3) is 0.444. The van der Waals surface area contributed by atoms with Crippen LogP contribution in [0.15, 0.2) is 11.0 Å². The van der Waals surface area contributed by atoms with Gasteiger partial charge in [-0.2, -0.15) is 0 Å². The van der Waals surface area contributed by atoms with E-state index >= 15 is 0 Å². The first-order valence-electron chi connectivity index (χ1n) is 4.91. The normalized spacial score (nSPS) is 13.5. The summed E-state index contributed by atoms with van der Waals surface area (Å²) in [4.78, 5) is 10.6. The van der Waals surface area contributed by atoms with Gasteiger partial charge in [0.25, 0.3) is 0 Å². The second kappa shape index (κ2) is 6.75. The summed E-state index contributed by atoms with van der Waals surface area (Å²) in [7, 11) is 0. The predicted molar refractivity (Wildman–Crippen MR) is 69.7 cm³/mol. The maximum atomic E-state index is 11.8. The van der Waals surface area contributed by atoms with E-state index < -0.39 is 42.4 Å². The smallest absolute Gasteiger partial charge is 0.347 e. The largest absolute Gasteiger partial charge is 0.477 e. The third-order valence-corrected chi connectivity index (χ3v) is 4.52. The maximum Gasteiger partial charge on any atom is 0.347 e. The van der Waals surface area contributed by atoms with E-state index in [-0.39, 0.29) is 14.1 Å². The van der Waals surface area contributed by atoms with E-state index in [1.165, 1.54) is 6.07 Å². The van der Waals surface area contributed by atoms with Gasteiger partial charge in [-0.1, -0.05) is 11.6 Å². The molecular formula is C9H12ClNO6S2. The Bertz CT molecular complexity index is 487. The van der Waals surface area contributed by atoms with Crippen LogP contribution in [0.25, 0.3) is 0 Å². The summed E-state index contributed by atoms with van der Waals surface area (Å²) in [5, 5.41) is 26.8. The van der Waals surface area contributed by atoms with Crippen LogP contribution in [0, 0.1) is 0 Å². The van der Waals surface area contributed by atoms with E-state index in [0.29, 0.717) is 0 Å². The van der Waals surface area contributed by atoms with Gasteiger partial charge in [-0.05, 0) is 6.07 Å². The standard InChI is InChI=1S/C9H12ClNO6S2/c10-6-1-5(7(18-6)8(14)15)19(16)17-4-9(11,2-12)3-13/h1,12-13H,2-4,11H2,(H,14,15). The second-order valence-electron chi connectivity index (χ2n) is 3.72. The lowest BCUT2D eigenvalue weighted by atomic mass is 10.1. The van der Waals surface area contributed by atoms with Gasteiger partial charge in [0.2, 0.25) is 0 Å². The fourth-order valence-electron chi connectivity index (χ4n) is 0.994. The van der Waals surface area contributed by atoms with Crippen molar-refractivity contribution in [3.63, 3.8) is 0 Å². The first kappa shape index (κ1) is 16.5. The number of thiophene rings is 1. The molecule has 7 nitrogen and oxygen atoms in total. The minimum Gasteiger partial charge on any atom is -0.477 e. The molecule has 1 heterocycles. The van der Waals surface area contributed by atoms with Crippen molar-refractivity contribution >= 4 is 40.0 Å². The number of carbonyl (C=O) groups is 1. The number of aliphatic hydroxyl groups excluding tert-OH is 2. The van der Waals surface area contributed by atoms with Crippen LogP contribution < -0.4 is 5.73 Å². The summed E-state index contributed by atoms with van der Waals surface area (Å²) in [6.07, 6.45) is 0. The van der Waals surface area contributed by atoms with Crippen molar-refractivity contribution in [1.82, 2.24) is 0 Å². The van der Waals surface area contributed by atoms with E-state index in [2.05, 4.69) is 0 Å². The number of nitrogens with two attached hydrogens (primary N) is 1. The van der Waals surface area contributed by atoms with Gasteiger partial charge in [-0.15, -0.1) is 11.3 Å². The van der Waals surface area contributed by atoms with Crippen molar-refractivity contribution in [3.8, 4) is 0 Å². The summed E-state index contributed by atoms with van der Waals surface area (Å²) in [6.45, 7) is -1.55. The van der Waals surface area contributed by atoms with Gasteiger partial charge in [0.15, 0.2) is 11.1 Å². The lowest BCUT2D eigenvalue weighted by Crippen LogP contribution is -2.51. The van der Waals surface area contributed by atoms with Crippen molar-refractivity contribution in [2.45, 2.75) is 10.4 Å². The molecule has 1 unspecified atom stereocenters. The van der Waals surface area contributed by atoms with E-state index in [0.717, 1.165) is 11.3 Å². The average molecular weight is 330 g/mol. The van der Waals surface area contributed by atoms with Crippen molar-refractivity contribution in [2.24, 2.45) is 5.73 Å². The highest BCUT2D eigenvalue weighted by Gasteiger charge is 2.27. The Balaban J connectivity index is 2.82. The molecule has 0 bridgehead atoms. The molecule has 5 N–H and O–H groups in total. The van der Waals surface area contributed by atoms with Crippen molar-refractivity contribution in [3.05, 3.63) is 15.3 Å². The molecule has 0 saturated carbocycles. The SMILES string of the molecule is NC(CO)(CO)COS(=O)c1cc(Cl)sc1C(=O)O. The number of halogens is 1. The van der Waals surface area contributed by atoms with E-state index in [4.69, 9.17) is 36.8 Å². The van der Waals surface area contributed by atoms with Gasteiger partial charge in [0.05, 0.1) is 34.6 Å². The molecule has 0 amide bonds. The third kappa shape index (κ3) is 4.21. The molecule has 0 aliphatic carbocycles. The maximum absolute atomic E-state index is 11.8. The summed E-state index contributed by atoms with van der Waals surface area (Å²) >= 11 is 4.32. The van der Waals surface area contributed by atoms with Crippen LogP contribution in [0.4, 0.5) is 0 Å². The highest BCUT2D eigenvalue weighted by atomic mass is 35.5. The van der Waals surface area contributed by atoms with Crippen LogP contribution in [-0.4, -0.2) is 50.9 Å². The molecule has 0 aliphatic rings. The van der Waals surface area contributed by atoms with Gasteiger partial charge >= 0.3 is 5.97 Å². The molecule has 0 saturated heterocycles. The number of rotatable bonds is 7. The van der Waals surface area contributed by atoms with Crippen LogP contribution >= 0.6 is 22.9 Å². The monoisotopic (exact) mass is 329 g/mol. The first-order valence-corrected chi connectivity index (χ1v) is 7.18. The average Bonchev–Trinajstić information content (AvgIpc) is 2.78. The molecule has 1 atom stereocenters. The Kier molecular flexibility index (Phi) is 5.86. The summed E-state index contributed by atoms with van der Waals surface area (Å²) in [5.41, 5.74) is 4.08. The summed E-state index contributed by atoms with van der Waals surface area (Å²) < 4.78 is 16.9. The molecule has 1 aromatic rings. The lowest BCUT2D eigenvalue weighted by molar-refractivity contribution is 0.0696. The molecule has 108 valence electrons. The van der Waals surface area contributed by atoms with Crippen LogP contribution in [0.5, 0.6) is 0 Å². The van der Waals surface area contributed by atoms with Crippen LogP contribution in [0.2, 0.25) is 4.34 Å². The van der Waals surface area contributed by atoms with Gasteiger partial charge in [-0.3, -0.25) is 4.18 Å². The number of carboxylic acid groups (broad SMARTS) is 1. The van der Waals surface area contributed by atoms with E-state index in [1.807, 2.05) is 0 Å². The van der Waals surface area contributed by atoms with Crippen LogP contribution in [0.3, 0.4) is 0 Å². The zero-order chi connectivity index (χ0) is 14.6. The van der Waals surface area contributed by atoms with Gasteiger partial charge in [0, 0.05) is 0 Å². The molecule has 0 radical (unpaired) electrons. The molecule has 19 heavy (non-hydrogen) atoms. The van der Waals surface area contributed by atoms with Gasteiger partial charge in [-0.25, -0.2) is 9.00 Å². The van der Waals surface area contributed by atoms with Crippen LogP contribution in [0.1, 0.15) is 9.67 Å². The Hall–Kier alpha value is -0.550. The van der Waals surface area contributed by atoms with E-state index in [9.17, 15) is 9.00 Å². The molecule has 0 fully saturated rings. The molecular weight excluding hydrogens is 318 g/mol. The highest BCUT2D eigenvalue weighted by molar-refractivity contribution is 7.80. The fourth-order valence-corrected chi connectivity index (χ4v) is 3.34. The van der Waals surface area contributed by atoms with Gasteiger partial charge in [0.1, 0.15) is 4.88 Å². The zero-order valence-corrected chi connectivity index (χ0v) is 11.9. The highest BCUT2D eigenvalue weighted by Crippen LogP contribution is 2.29. The Labute approximate surface area is 120 Å². The molecule has 10 heteroatoms. The Morgan fingerprint density at radius 2 is 2.11 bits per heavy atom. The zero-order valence-electron chi connectivity index (χ0n) is 9.54.